The molecule has 0 aliphatic carbocycles. The van der Waals surface area contributed by atoms with E-state index in [4.69, 9.17) is 16.0 Å². The molecule has 1 heterocycles. The Bertz CT molecular complexity index is 291. The maximum absolute atomic E-state index is 10.7. The lowest BCUT2D eigenvalue weighted by atomic mass is 10.7. The molecular weight excluding hydrogens is 214 g/mol. The number of nitrogens with one attached hydrogen (secondary N) is 1. The Morgan fingerprint density at radius 3 is 2.92 bits per heavy atom. The van der Waals surface area contributed by atoms with Crippen molar-refractivity contribution in [2.45, 2.75) is 5.88 Å². The van der Waals surface area contributed by atoms with Gasteiger partial charge >= 0.3 is 6.01 Å². The molecule has 0 aliphatic heterocycles. The van der Waals surface area contributed by atoms with E-state index >= 15 is 0 Å². The predicted octanol–water partition coefficient (Wildman–Crippen LogP) is 0.599. The third-order valence-corrected chi connectivity index (χ3v) is 2.25. The van der Waals surface area contributed by atoms with E-state index in [9.17, 15) is 4.21 Å². The molecule has 1 aromatic heterocycles. The van der Waals surface area contributed by atoms with Gasteiger partial charge in [0.25, 0.3) is 0 Å². The Balaban J connectivity index is 2.32. The van der Waals surface area contributed by atoms with E-state index in [1.54, 1.807) is 6.26 Å². The highest BCUT2D eigenvalue weighted by Gasteiger charge is 2.03. The maximum Gasteiger partial charge on any atom is 0.315 e. The molecule has 74 valence electrons. The van der Waals surface area contributed by atoms with E-state index in [0.717, 1.165) is 0 Å². The van der Waals surface area contributed by atoms with Crippen LogP contribution in [0, 0.1) is 0 Å². The SMILES string of the molecule is CS(=O)CCNc1nnc(CCl)o1. The lowest BCUT2D eigenvalue weighted by Crippen LogP contribution is -2.09. The normalized spacial score (nSPS) is 12.8. The Kier molecular flexibility index (Phi) is 4.17. The fraction of sp³-hybridized carbons (Fsp3) is 0.667. The second-order valence-electron chi connectivity index (χ2n) is 2.34. The van der Waals surface area contributed by atoms with Gasteiger partial charge in [-0.15, -0.1) is 16.7 Å². The van der Waals surface area contributed by atoms with E-state index in [1.165, 1.54) is 0 Å². The highest BCUT2D eigenvalue weighted by atomic mass is 35.5. The first-order valence-electron chi connectivity index (χ1n) is 3.64. The number of hydrogen-bond donors (Lipinski definition) is 1. The molecule has 0 aliphatic rings. The first-order valence-corrected chi connectivity index (χ1v) is 5.91. The number of aromatic nitrogens is 2. The minimum Gasteiger partial charge on any atom is -0.407 e. The summed E-state index contributed by atoms with van der Waals surface area (Å²) in [5.41, 5.74) is 0. The maximum atomic E-state index is 10.7. The van der Waals surface area contributed by atoms with Gasteiger partial charge in [-0.2, -0.15) is 0 Å². The van der Waals surface area contributed by atoms with E-state index in [1.807, 2.05) is 0 Å². The van der Waals surface area contributed by atoms with Crippen LogP contribution in [0.15, 0.2) is 4.42 Å². The van der Waals surface area contributed by atoms with Crippen LogP contribution in [-0.4, -0.2) is 33.0 Å². The molecule has 1 aromatic rings. The van der Waals surface area contributed by atoms with Crippen LogP contribution in [0.1, 0.15) is 5.89 Å². The summed E-state index contributed by atoms with van der Waals surface area (Å²) in [6.07, 6.45) is 1.64. The van der Waals surface area contributed by atoms with Crippen molar-refractivity contribution < 1.29 is 8.63 Å². The van der Waals surface area contributed by atoms with E-state index < -0.39 is 10.8 Å². The summed E-state index contributed by atoms with van der Waals surface area (Å²) in [6.45, 7) is 0.549. The monoisotopic (exact) mass is 223 g/mol. The average Bonchev–Trinajstić information content (AvgIpc) is 2.52. The Hall–Kier alpha value is -0.620. The topological polar surface area (TPSA) is 68.0 Å². The number of hydrogen-bond acceptors (Lipinski definition) is 5. The molecule has 13 heavy (non-hydrogen) atoms. The lowest BCUT2D eigenvalue weighted by Gasteiger charge is -1.97. The van der Waals surface area contributed by atoms with Crippen molar-refractivity contribution in [3.05, 3.63) is 5.89 Å². The van der Waals surface area contributed by atoms with Crippen molar-refractivity contribution >= 4 is 28.4 Å². The van der Waals surface area contributed by atoms with Crippen LogP contribution in [0.2, 0.25) is 0 Å². The smallest absolute Gasteiger partial charge is 0.315 e. The zero-order valence-corrected chi connectivity index (χ0v) is 8.69. The van der Waals surface area contributed by atoms with Crippen molar-refractivity contribution in [3.63, 3.8) is 0 Å². The Labute approximate surface area is 83.3 Å². The number of rotatable bonds is 5. The van der Waals surface area contributed by atoms with Crippen molar-refractivity contribution in [3.8, 4) is 0 Å². The average molecular weight is 224 g/mol. The van der Waals surface area contributed by atoms with Crippen molar-refractivity contribution in [1.29, 1.82) is 0 Å². The summed E-state index contributed by atoms with van der Waals surface area (Å²) in [7, 11) is -0.813. The van der Waals surface area contributed by atoms with Crippen molar-refractivity contribution in [2.75, 3.05) is 23.9 Å². The van der Waals surface area contributed by atoms with Gasteiger partial charge in [-0.05, 0) is 0 Å². The first-order chi connectivity index (χ1) is 6.22. The van der Waals surface area contributed by atoms with Crippen LogP contribution < -0.4 is 5.32 Å². The highest BCUT2D eigenvalue weighted by molar-refractivity contribution is 7.84. The summed E-state index contributed by atoms with van der Waals surface area (Å²) >= 11 is 5.45. The molecule has 0 spiro atoms. The summed E-state index contributed by atoms with van der Waals surface area (Å²) in [5.74, 6) is 1.13. The number of anilines is 1. The van der Waals surface area contributed by atoms with Crippen LogP contribution in [-0.2, 0) is 16.7 Å². The van der Waals surface area contributed by atoms with E-state index in [-0.39, 0.29) is 5.88 Å². The minimum absolute atomic E-state index is 0.203. The third-order valence-electron chi connectivity index (χ3n) is 1.25. The molecule has 0 bridgehead atoms. The minimum atomic E-state index is -0.813. The molecule has 1 atom stereocenters. The van der Waals surface area contributed by atoms with Crippen molar-refractivity contribution in [2.24, 2.45) is 0 Å². The van der Waals surface area contributed by atoms with Crippen LogP contribution >= 0.6 is 11.6 Å². The predicted molar refractivity (Wildman–Crippen MR) is 51.3 cm³/mol. The summed E-state index contributed by atoms with van der Waals surface area (Å²) in [6, 6.07) is 0.320. The molecule has 0 radical (unpaired) electrons. The summed E-state index contributed by atoms with van der Waals surface area (Å²) in [4.78, 5) is 0. The van der Waals surface area contributed by atoms with Gasteiger partial charge in [0, 0.05) is 29.4 Å². The molecule has 7 heteroatoms. The molecule has 1 N–H and O–H groups in total. The van der Waals surface area contributed by atoms with Gasteiger partial charge in [-0.25, -0.2) is 0 Å². The Morgan fingerprint density at radius 2 is 2.38 bits per heavy atom. The van der Waals surface area contributed by atoms with Gasteiger partial charge in [0.2, 0.25) is 5.89 Å². The van der Waals surface area contributed by atoms with Gasteiger partial charge in [0.15, 0.2) is 0 Å². The lowest BCUT2D eigenvalue weighted by molar-refractivity contribution is 0.526. The number of halogens is 1. The standard InChI is InChI=1S/C6H10ClN3O2S/c1-13(11)3-2-8-6-10-9-5(4-7)12-6/h2-4H2,1H3,(H,8,10). The zero-order chi connectivity index (χ0) is 9.68. The molecule has 1 unspecified atom stereocenters. The second kappa shape index (κ2) is 5.18. The van der Waals surface area contributed by atoms with Gasteiger partial charge in [0.05, 0.1) is 0 Å². The second-order valence-corrected chi connectivity index (χ2v) is 4.16. The molecule has 0 fully saturated rings. The molecular formula is C6H10ClN3O2S. The third kappa shape index (κ3) is 3.73. The van der Waals surface area contributed by atoms with Crippen LogP contribution in [0.5, 0.6) is 0 Å². The molecule has 5 nitrogen and oxygen atoms in total. The first kappa shape index (κ1) is 10.5. The number of alkyl halides is 1. The Morgan fingerprint density at radius 1 is 1.62 bits per heavy atom. The molecule has 0 aromatic carbocycles. The highest BCUT2D eigenvalue weighted by Crippen LogP contribution is 2.06. The van der Waals surface area contributed by atoms with Gasteiger partial charge in [-0.1, -0.05) is 5.10 Å². The van der Waals surface area contributed by atoms with Gasteiger partial charge in [0.1, 0.15) is 5.88 Å². The van der Waals surface area contributed by atoms with Crippen molar-refractivity contribution in [1.82, 2.24) is 10.2 Å². The molecule has 0 saturated heterocycles. The summed E-state index contributed by atoms with van der Waals surface area (Å²) in [5, 5.41) is 10.2. The van der Waals surface area contributed by atoms with Gasteiger partial charge < -0.3 is 9.73 Å². The van der Waals surface area contributed by atoms with Crippen LogP contribution in [0.3, 0.4) is 0 Å². The zero-order valence-electron chi connectivity index (χ0n) is 7.12. The largest absolute Gasteiger partial charge is 0.407 e. The fourth-order valence-electron chi connectivity index (χ4n) is 0.681. The van der Waals surface area contributed by atoms with Crippen LogP contribution in [0.4, 0.5) is 6.01 Å². The van der Waals surface area contributed by atoms with E-state index in [0.29, 0.717) is 24.2 Å². The molecule has 0 saturated carbocycles. The number of nitrogens with zero attached hydrogens (tertiary/aromatic N) is 2. The fourth-order valence-corrected chi connectivity index (χ4v) is 1.18. The van der Waals surface area contributed by atoms with E-state index in [2.05, 4.69) is 15.5 Å². The van der Waals surface area contributed by atoms with Gasteiger partial charge in [-0.3, -0.25) is 4.21 Å². The summed E-state index contributed by atoms with van der Waals surface area (Å²) < 4.78 is 15.7. The van der Waals surface area contributed by atoms with Crippen LogP contribution in [0.25, 0.3) is 0 Å². The molecule has 1 rings (SSSR count). The molecule has 0 amide bonds. The quantitative estimate of drug-likeness (QED) is 0.741.